The van der Waals surface area contributed by atoms with Gasteiger partial charge in [-0.3, -0.25) is 9.79 Å². The summed E-state index contributed by atoms with van der Waals surface area (Å²) in [6.07, 6.45) is 2.84. The maximum atomic E-state index is 12.4. The van der Waals surface area contributed by atoms with Gasteiger partial charge in [-0.1, -0.05) is 18.2 Å². The summed E-state index contributed by atoms with van der Waals surface area (Å²) >= 11 is 0. The normalized spacial score (nSPS) is 21.6. The van der Waals surface area contributed by atoms with E-state index < -0.39 is 0 Å². The molecule has 1 aromatic carbocycles. The minimum atomic E-state index is 0. The highest BCUT2D eigenvalue weighted by molar-refractivity contribution is 14.0. The Morgan fingerprint density at radius 3 is 2.72 bits per heavy atom. The third kappa shape index (κ3) is 7.42. The lowest BCUT2D eigenvalue weighted by atomic mass is 10.2. The number of carbonyl (C=O) groups excluding carboxylic acids is 1. The van der Waals surface area contributed by atoms with Crippen LogP contribution >= 0.6 is 24.0 Å². The van der Waals surface area contributed by atoms with Crippen LogP contribution in [0.15, 0.2) is 35.3 Å². The number of para-hydroxylation sites is 1. The molecule has 0 radical (unpaired) electrons. The summed E-state index contributed by atoms with van der Waals surface area (Å²) in [5.41, 5.74) is 0.961. The monoisotopic (exact) mass is 514 g/mol. The molecule has 2 fully saturated rings. The summed E-state index contributed by atoms with van der Waals surface area (Å²) < 4.78 is 0. The lowest BCUT2D eigenvalue weighted by molar-refractivity contribution is -0.117. The fourth-order valence-electron chi connectivity index (χ4n) is 3.88. The van der Waals surface area contributed by atoms with Gasteiger partial charge in [0, 0.05) is 45.3 Å². The average Bonchev–Trinajstić information content (AvgIpc) is 2.95. The van der Waals surface area contributed by atoms with Crippen LogP contribution in [0.4, 0.5) is 5.69 Å². The van der Waals surface area contributed by atoms with E-state index in [1.54, 1.807) is 7.05 Å². The molecule has 0 spiro atoms. The largest absolute Gasteiger partial charge is 0.356 e. The van der Waals surface area contributed by atoms with E-state index in [2.05, 4.69) is 32.5 Å². The molecule has 2 aliphatic rings. The molecule has 7 nitrogen and oxygen atoms in total. The van der Waals surface area contributed by atoms with Crippen molar-refractivity contribution in [2.45, 2.75) is 25.3 Å². The van der Waals surface area contributed by atoms with Crippen LogP contribution in [-0.4, -0.2) is 87.6 Å². The molecule has 1 aromatic rings. The van der Waals surface area contributed by atoms with E-state index >= 15 is 0 Å². The minimum absolute atomic E-state index is 0. The summed E-state index contributed by atoms with van der Waals surface area (Å²) in [6.45, 7) is 7.37. The maximum Gasteiger partial charge on any atom is 0.229 e. The minimum Gasteiger partial charge on any atom is -0.356 e. The van der Waals surface area contributed by atoms with Crippen LogP contribution in [0.5, 0.6) is 0 Å². The zero-order valence-corrected chi connectivity index (χ0v) is 20.0. The van der Waals surface area contributed by atoms with Gasteiger partial charge in [-0.15, -0.1) is 24.0 Å². The first-order valence-corrected chi connectivity index (χ1v) is 10.4. The number of likely N-dealkylation sites (N-methyl/N-ethyl adjacent to an activating group) is 1. The molecule has 8 heteroatoms. The number of halogens is 1. The van der Waals surface area contributed by atoms with E-state index in [1.807, 2.05) is 35.2 Å². The number of nitrogens with zero attached hydrogens (tertiary/aromatic N) is 4. The number of benzene rings is 1. The van der Waals surface area contributed by atoms with Crippen LogP contribution in [0.2, 0.25) is 0 Å². The topological polar surface area (TPSA) is 63.2 Å². The highest BCUT2D eigenvalue weighted by atomic mass is 127. The summed E-state index contributed by atoms with van der Waals surface area (Å²) in [5.74, 6) is 0.939. The van der Waals surface area contributed by atoms with Crippen molar-refractivity contribution in [1.82, 2.24) is 20.4 Å². The first-order chi connectivity index (χ1) is 13.7. The van der Waals surface area contributed by atoms with E-state index in [0.29, 0.717) is 13.0 Å². The number of nitrogens with one attached hydrogen (secondary N) is 2. The molecule has 2 heterocycles. The van der Waals surface area contributed by atoms with Gasteiger partial charge in [0.2, 0.25) is 5.91 Å². The first-order valence-electron chi connectivity index (χ1n) is 10.4. The van der Waals surface area contributed by atoms with Crippen molar-refractivity contribution in [3.8, 4) is 0 Å². The van der Waals surface area contributed by atoms with Gasteiger partial charge in [-0.05, 0) is 51.7 Å². The maximum absolute atomic E-state index is 12.4. The number of hydrogen-bond donors (Lipinski definition) is 2. The first kappa shape index (κ1) is 23.9. The lowest BCUT2D eigenvalue weighted by Gasteiger charge is -2.21. The van der Waals surface area contributed by atoms with E-state index in [4.69, 9.17) is 0 Å². The fourth-order valence-corrected chi connectivity index (χ4v) is 3.88. The van der Waals surface area contributed by atoms with Crippen LogP contribution in [-0.2, 0) is 4.79 Å². The summed E-state index contributed by atoms with van der Waals surface area (Å²) in [6, 6.07) is 9.94. The second-order valence-corrected chi connectivity index (χ2v) is 7.74. The fraction of sp³-hybridized carbons (Fsp3) is 0.619. The molecule has 1 amide bonds. The van der Waals surface area contributed by atoms with Crippen molar-refractivity contribution in [2.75, 3.05) is 64.8 Å². The second-order valence-electron chi connectivity index (χ2n) is 7.74. The van der Waals surface area contributed by atoms with Gasteiger partial charge in [0.15, 0.2) is 5.96 Å². The van der Waals surface area contributed by atoms with Crippen molar-refractivity contribution in [3.63, 3.8) is 0 Å². The van der Waals surface area contributed by atoms with Crippen LogP contribution in [0.1, 0.15) is 19.3 Å². The van der Waals surface area contributed by atoms with Crippen LogP contribution in [0, 0.1) is 0 Å². The molecular weight excluding hydrogens is 479 g/mol. The van der Waals surface area contributed by atoms with Crippen molar-refractivity contribution < 1.29 is 4.79 Å². The standard InChI is InChI=1S/C21H34N6O.HI/c1-22-21(23-10-6-12-26-13-7-11-25(2)14-15-26)24-18-16-20(28)27(17-18)19-8-4-3-5-9-19;/h3-5,8-9,18H,6-7,10-17H2,1-2H3,(H2,22,23,24);1H. The molecule has 3 rings (SSSR count). The smallest absolute Gasteiger partial charge is 0.229 e. The van der Waals surface area contributed by atoms with E-state index in [-0.39, 0.29) is 35.9 Å². The quantitative estimate of drug-likeness (QED) is 0.262. The molecule has 1 unspecified atom stereocenters. The highest BCUT2D eigenvalue weighted by Crippen LogP contribution is 2.20. The summed E-state index contributed by atoms with van der Waals surface area (Å²) in [5, 5.41) is 6.81. The second kappa shape index (κ2) is 12.3. The molecule has 2 N–H and O–H groups in total. The van der Waals surface area contributed by atoms with Gasteiger partial charge >= 0.3 is 0 Å². The lowest BCUT2D eigenvalue weighted by Crippen LogP contribution is -2.45. The zero-order valence-electron chi connectivity index (χ0n) is 17.6. The van der Waals surface area contributed by atoms with E-state index in [0.717, 1.165) is 44.2 Å². The molecule has 0 aromatic heterocycles. The van der Waals surface area contributed by atoms with Crippen molar-refractivity contribution in [2.24, 2.45) is 4.99 Å². The molecule has 2 aliphatic heterocycles. The van der Waals surface area contributed by atoms with Gasteiger partial charge in [-0.2, -0.15) is 0 Å². The zero-order chi connectivity index (χ0) is 19.8. The molecular formula is C21H35IN6O. The van der Waals surface area contributed by atoms with Gasteiger partial charge in [0.25, 0.3) is 0 Å². The Kier molecular flexibility index (Phi) is 10.2. The Labute approximate surface area is 191 Å². The Balaban J connectivity index is 0.00000300. The van der Waals surface area contributed by atoms with E-state index in [9.17, 15) is 4.79 Å². The third-order valence-corrected chi connectivity index (χ3v) is 5.51. The van der Waals surface area contributed by atoms with Crippen LogP contribution in [0.3, 0.4) is 0 Å². The van der Waals surface area contributed by atoms with Gasteiger partial charge < -0.3 is 25.3 Å². The molecule has 1 atom stereocenters. The summed E-state index contributed by atoms with van der Waals surface area (Å²) in [7, 11) is 3.99. The van der Waals surface area contributed by atoms with Gasteiger partial charge in [0.1, 0.15) is 0 Å². The number of carbonyl (C=O) groups is 1. The number of rotatable bonds is 6. The van der Waals surface area contributed by atoms with E-state index in [1.165, 1.54) is 19.5 Å². The SMILES string of the molecule is CN=C(NCCCN1CCCN(C)CC1)NC1CC(=O)N(c2ccccc2)C1.I. The van der Waals surface area contributed by atoms with Gasteiger partial charge in [0.05, 0.1) is 6.04 Å². The average molecular weight is 514 g/mol. The summed E-state index contributed by atoms with van der Waals surface area (Å²) in [4.78, 5) is 23.5. The molecule has 162 valence electrons. The molecule has 2 saturated heterocycles. The van der Waals surface area contributed by atoms with Crippen LogP contribution < -0.4 is 15.5 Å². The Bertz CT molecular complexity index is 656. The third-order valence-electron chi connectivity index (χ3n) is 5.51. The van der Waals surface area contributed by atoms with Crippen LogP contribution in [0.25, 0.3) is 0 Å². The number of guanidine groups is 1. The Morgan fingerprint density at radius 2 is 1.97 bits per heavy atom. The number of aliphatic imine (C=N–C) groups is 1. The van der Waals surface area contributed by atoms with Crippen molar-refractivity contribution in [3.05, 3.63) is 30.3 Å². The predicted octanol–water partition coefficient (Wildman–Crippen LogP) is 1.60. The molecule has 0 bridgehead atoms. The van der Waals surface area contributed by atoms with Gasteiger partial charge in [-0.25, -0.2) is 0 Å². The Hall–Kier alpha value is -1.39. The molecule has 0 saturated carbocycles. The predicted molar refractivity (Wildman–Crippen MR) is 130 cm³/mol. The highest BCUT2D eigenvalue weighted by Gasteiger charge is 2.31. The van der Waals surface area contributed by atoms with Crippen molar-refractivity contribution >= 4 is 41.5 Å². The number of amides is 1. The Morgan fingerprint density at radius 1 is 1.17 bits per heavy atom. The number of hydrogen-bond acceptors (Lipinski definition) is 4. The molecule has 29 heavy (non-hydrogen) atoms. The van der Waals surface area contributed by atoms with Crippen molar-refractivity contribution in [1.29, 1.82) is 0 Å². The molecule has 0 aliphatic carbocycles. The number of anilines is 1.